The Bertz CT molecular complexity index is 378. The van der Waals surface area contributed by atoms with Crippen LogP contribution in [0.15, 0.2) is 18.2 Å². The summed E-state index contributed by atoms with van der Waals surface area (Å²) in [4.78, 5) is 11.7. The molecule has 1 aromatic rings. The molecule has 0 aliphatic carbocycles. The van der Waals surface area contributed by atoms with E-state index in [1.54, 1.807) is 0 Å². The minimum absolute atomic E-state index is 0.172. The van der Waals surface area contributed by atoms with Crippen molar-refractivity contribution >= 4 is 34.2 Å². The van der Waals surface area contributed by atoms with Gasteiger partial charge in [-0.25, -0.2) is 0 Å². The second kappa shape index (κ2) is 6.17. The number of rotatable bonds is 4. The summed E-state index contributed by atoms with van der Waals surface area (Å²) >= 11 is 2.23. The van der Waals surface area contributed by atoms with Gasteiger partial charge in [0.25, 0.3) is 5.91 Å². The molecule has 5 heteroatoms. The number of carbonyl (C=O) groups is 1. The van der Waals surface area contributed by atoms with Gasteiger partial charge < -0.3 is 15.8 Å². The highest BCUT2D eigenvalue weighted by Crippen LogP contribution is 2.17. The van der Waals surface area contributed by atoms with E-state index in [0.29, 0.717) is 0 Å². The zero-order valence-corrected chi connectivity index (χ0v) is 11.4. The smallest absolute Gasteiger partial charge is 0.254 e. The SMILES string of the molecule is COC(CN)C(=O)Nc1ccc(I)cc1C. The van der Waals surface area contributed by atoms with E-state index in [1.165, 1.54) is 7.11 Å². The fraction of sp³-hybridized carbons (Fsp3) is 0.364. The van der Waals surface area contributed by atoms with Crippen molar-refractivity contribution in [3.63, 3.8) is 0 Å². The Kier molecular flexibility index (Phi) is 5.17. The second-order valence-electron chi connectivity index (χ2n) is 3.41. The maximum absolute atomic E-state index is 11.7. The topological polar surface area (TPSA) is 64.3 Å². The van der Waals surface area contributed by atoms with E-state index in [2.05, 4.69) is 27.9 Å². The average Bonchev–Trinajstić information content (AvgIpc) is 2.24. The Morgan fingerprint density at radius 3 is 2.81 bits per heavy atom. The van der Waals surface area contributed by atoms with Gasteiger partial charge >= 0.3 is 0 Å². The maximum Gasteiger partial charge on any atom is 0.254 e. The standard InChI is InChI=1S/C11H15IN2O2/c1-7-5-8(12)3-4-9(7)14-11(15)10(6-13)16-2/h3-5,10H,6,13H2,1-2H3,(H,14,15). The minimum Gasteiger partial charge on any atom is -0.370 e. The van der Waals surface area contributed by atoms with E-state index in [4.69, 9.17) is 10.5 Å². The number of nitrogens with two attached hydrogens (primary N) is 1. The van der Waals surface area contributed by atoms with E-state index in [-0.39, 0.29) is 12.5 Å². The van der Waals surface area contributed by atoms with Gasteiger partial charge in [0.15, 0.2) is 0 Å². The molecule has 0 aliphatic heterocycles. The maximum atomic E-state index is 11.7. The third kappa shape index (κ3) is 3.43. The molecule has 1 atom stereocenters. The molecule has 0 saturated carbocycles. The first kappa shape index (κ1) is 13.4. The van der Waals surface area contributed by atoms with Crippen LogP contribution in [0.25, 0.3) is 0 Å². The minimum atomic E-state index is -0.598. The van der Waals surface area contributed by atoms with Gasteiger partial charge in [-0.15, -0.1) is 0 Å². The lowest BCUT2D eigenvalue weighted by Crippen LogP contribution is -2.36. The molecule has 16 heavy (non-hydrogen) atoms. The number of nitrogens with one attached hydrogen (secondary N) is 1. The summed E-state index contributed by atoms with van der Waals surface area (Å²) in [6.07, 6.45) is -0.598. The van der Waals surface area contributed by atoms with Crippen molar-refractivity contribution in [2.75, 3.05) is 19.0 Å². The van der Waals surface area contributed by atoms with Gasteiger partial charge in [0.2, 0.25) is 0 Å². The summed E-state index contributed by atoms with van der Waals surface area (Å²) < 4.78 is 6.09. The Balaban J connectivity index is 2.76. The number of methoxy groups -OCH3 is 1. The van der Waals surface area contributed by atoms with Crippen molar-refractivity contribution in [3.05, 3.63) is 27.3 Å². The van der Waals surface area contributed by atoms with Crippen LogP contribution in [0.3, 0.4) is 0 Å². The molecule has 0 aliphatic rings. The summed E-state index contributed by atoms with van der Waals surface area (Å²) in [5, 5.41) is 2.79. The van der Waals surface area contributed by atoms with E-state index < -0.39 is 6.10 Å². The molecule has 1 amide bonds. The van der Waals surface area contributed by atoms with Crippen LogP contribution in [0, 0.1) is 10.5 Å². The monoisotopic (exact) mass is 334 g/mol. The largest absolute Gasteiger partial charge is 0.370 e. The zero-order chi connectivity index (χ0) is 12.1. The molecule has 0 heterocycles. The number of benzene rings is 1. The third-order valence-corrected chi connectivity index (χ3v) is 2.91. The third-order valence-electron chi connectivity index (χ3n) is 2.24. The van der Waals surface area contributed by atoms with Crippen LogP contribution in [-0.4, -0.2) is 25.7 Å². The van der Waals surface area contributed by atoms with Gasteiger partial charge in [-0.2, -0.15) is 0 Å². The predicted molar refractivity (Wildman–Crippen MR) is 72.4 cm³/mol. The Labute approximate surface area is 109 Å². The highest BCUT2D eigenvalue weighted by Gasteiger charge is 2.16. The van der Waals surface area contributed by atoms with Gasteiger partial charge in [-0.05, 0) is 53.3 Å². The van der Waals surface area contributed by atoms with Crippen LogP contribution in [0.4, 0.5) is 5.69 Å². The molecule has 3 N–H and O–H groups in total. The first-order chi connectivity index (χ1) is 7.58. The molecule has 1 unspecified atom stereocenters. The van der Waals surface area contributed by atoms with E-state index >= 15 is 0 Å². The van der Waals surface area contributed by atoms with Crippen LogP contribution in [0.1, 0.15) is 5.56 Å². The highest BCUT2D eigenvalue weighted by atomic mass is 127. The number of hydrogen-bond acceptors (Lipinski definition) is 3. The number of ether oxygens (including phenoxy) is 1. The molecule has 0 radical (unpaired) electrons. The van der Waals surface area contributed by atoms with Crippen LogP contribution in [0.2, 0.25) is 0 Å². The average molecular weight is 334 g/mol. The lowest BCUT2D eigenvalue weighted by atomic mass is 10.2. The molecule has 0 spiro atoms. The number of amides is 1. The molecule has 0 aromatic heterocycles. The van der Waals surface area contributed by atoms with Crippen LogP contribution in [0.5, 0.6) is 0 Å². The number of anilines is 1. The fourth-order valence-electron chi connectivity index (χ4n) is 1.29. The molecule has 0 bridgehead atoms. The Morgan fingerprint density at radius 2 is 2.31 bits per heavy atom. The number of carbonyl (C=O) groups excluding carboxylic acids is 1. The van der Waals surface area contributed by atoms with E-state index in [1.807, 2.05) is 25.1 Å². The van der Waals surface area contributed by atoms with Crippen LogP contribution >= 0.6 is 22.6 Å². The molecule has 1 rings (SSSR count). The van der Waals surface area contributed by atoms with E-state index in [9.17, 15) is 4.79 Å². The number of aryl methyl sites for hydroxylation is 1. The Hall–Kier alpha value is -0.660. The molecule has 1 aromatic carbocycles. The van der Waals surface area contributed by atoms with Gasteiger partial charge in [-0.3, -0.25) is 4.79 Å². The summed E-state index contributed by atoms with van der Waals surface area (Å²) in [6.45, 7) is 2.12. The van der Waals surface area contributed by atoms with Crippen LogP contribution < -0.4 is 11.1 Å². The van der Waals surface area contributed by atoms with Crippen molar-refractivity contribution in [1.82, 2.24) is 0 Å². The van der Waals surface area contributed by atoms with Gasteiger partial charge in [0.1, 0.15) is 6.10 Å². The lowest BCUT2D eigenvalue weighted by molar-refractivity contribution is -0.125. The predicted octanol–water partition coefficient (Wildman–Crippen LogP) is 1.51. The lowest BCUT2D eigenvalue weighted by Gasteiger charge is -2.14. The first-order valence-electron chi connectivity index (χ1n) is 4.88. The summed E-state index contributed by atoms with van der Waals surface area (Å²) in [5.74, 6) is -0.214. The van der Waals surface area contributed by atoms with E-state index in [0.717, 1.165) is 14.8 Å². The quantitative estimate of drug-likeness (QED) is 0.821. The molecule has 88 valence electrons. The first-order valence-corrected chi connectivity index (χ1v) is 5.96. The van der Waals surface area contributed by atoms with Gasteiger partial charge in [0, 0.05) is 22.9 Å². The van der Waals surface area contributed by atoms with Crippen molar-refractivity contribution in [3.8, 4) is 0 Å². The van der Waals surface area contributed by atoms with Crippen molar-refractivity contribution in [2.45, 2.75) is 13.0 Å². The second-order valence-corrected chi connectivity index (χ2v) is 4.65. The van der Waals surface area contributed by atoms with Crippen molar-refractivity contribution in [2.24, 2.45) is 5.73 Å². The van der Waals surface area contributed by atoms with Gasteiger partial charge in [0.05, 0.1) is 0 Å². The van der Waals surface area contributed by atoms with Gasteiger partial charge in [-0.1, -0.05) is 0 Å². The summed E-state index contributed by atoms with van der Waals surface area (Å²) in [5.41, 5.74) is 7.23. The van der Waals surface area contributed by atoms with Crippen molar-refractivity contribution in [1.29, 1.82) is 0 Å². The fourth-order valence-corrected chi connectivity index (χ4v) is 1.94. The molecular formula is C11H15IN2O2. The molecule has 4 nitrogen and oxygen atoms in total. The highest BCUT2D eigenvalue weighted by molar-refractivity contribution is 14.1. The normalized spacial score (nSPS) is 12.2. The summed E-state index contributed by atoms with van der Waals surface area (Å²) in [7, 11) is 1.47. The van der Waals surface area contributed by atoms with Crippen LogP contribution in [-0.2, 0) is 9.53 Å². The zero-order valence-electron chi connectivity index (χ0n) is 9.29. The van der Waals surface area contributed by atoms with Crippen molar-refractivity contribution < 1.29 is 9.53 Å². The summed E-state index contributed by atoms with van der Waals surface area (Å²) in [6, 6.07) is 5.81. The number of hydrogen-bond donors (Lipinski definition) is 2. The molecular weight excluding hydrogens is 319 g/mol. The Morgan fingerprint density at radius 1 is 1.62 bits per heavy atom. The number of halogens is 1. The molecule has 0 saturated heterocycles. The molecule has 0 fully saturated rings.